The summed E-state index contributed by atoms with van der Waals surface area (Å²) in [4.78, 5) is 0. The van der Waals surface area contributed by atoms with Crippen LogP contribution in [0.4, 0.5) is 0 Å². The highest BCUT2D eigenvalue weighted by atomic mass is 32.2. The number of furan rings is 1. The van der Waals surface area contributed by atoms with Crippen LogP contribution < -0.4 is 5.73 Å². The van der Waals surface area contributed by atoms with E-state index in [1.807, 2.05) is 30.0 Å². The molecule has 1 aromatic carbocycles. The van der Waals surface area contributed by atoms with Gasteiger partial charge in [0.05, 0.1) is 6.04 Å². The Morgan fingerprint density at radius 3 is 2.82 bits per heavy atom. The molecule has 0 amide bonds. The third-order valence-electron chi connectivity index (χ3n) is 2.95. The fourth-order valence-corrected chi connectivity index (χ4v) is 2.59. The molecule has 0 radical (unpaired) electrons. The molecule has 0 bridgehead atoms. The summed E-state index contributed by atoms with van der Waals surface area (Å²) in [6.07, 6.45) is 1.18. The normalized spacial score (nSPS) is 15.0. The Balaban J connectivity index is 2.06. The number of para-hydroxylation sites is 1. The third kappa shape index (κ3) is 3.05. The highest BCUT2D eigenvalue weighted by Crippen LogP contribution is 2.26. The first-order valence-corrected chi connectivity index (χ1v) is 7.11. The zero-order valence-corrected chi connectivity index (χ0v) is 11.2. The lowest BCUT2D eigenvalue weighted by molar-refractivity contribution is 0.516. The summed E-state index contributed by atoms with van der Waals surface area (Å²) in [6.45, 7) is 4.43. The molecule has 0 saturated carbocycles. The second kappa shape index (κ2) is 5.61. The van der Waals surface area contributed by atoms with Crippen molar-refractivity contribution in [1.82, 2.24) is 0 Å². The Morgan fingerprint density at radius 1 is 1.35 bits per heavy atom. The summed E-state index contributed by atoms with van der Waals surface area (Å²) in [5.74, 6) is 1.80. The minimum Gasteiger partial charge on any atom is -0.459 e. The van der Waals surface area contributed by atoms with Crippen molar-refractivity contribution in [2.75, 3.05) is 5.75 Å². The van der Waals surface area contributed by atoms with Crippen LogP contribution in [0.3, 0.4) is 0 Å². The summed E-state index contributed by atoms with van der Waals surface area (Å²) >= 11 is 1.90. The van der Waals surface area contributed by atoms with Crippen molar-refractivity contribution in [3.63, 3.8) is 0 Å². The number of fused-ring (bicyclic) bond motifs is 1. The molecule has 2 aromatic rings. The Kier molecular flexibility index (Phi) is 4.13. The maximum atomic E-state index is 6.15. The Labute approximate surface area is 107 Å². The van der Waals surface area contributed by atoms with Crippen molar-refractivity contribution < 1.29 is 4.42 Å². The summed E-state index contributed by atoms with van der Waals surface area (Å²) in [6, 6.07) is 10.1. The van der Waals surface area contributed by atoms with Crippen LogP contribution in [-0.4, -0.2) is 11.0 Å². The van der Waals surface area contributed by atoms with Gasteiger partial charge in [-0.05, 0) is 18.6 Å². The quantitative estimate of drug-likeness (QED) is 0.871. The molecule has 0 aliphatic rings. The van der Waals surface area contributed by atoms with Crippen LogP contribution in [0.15, 0.2) is 34.7 Å². The van der Waals surface area contributed by atoms with Crippen molar-refractivity contribution in [2.24, 2.45) is 5.73 Å². The molecule has 17 heavy (non-hydrogen) atoms. The lowest BCUT2D eigenvalue weighted by Gasteiger charge is -2.11. The maximum absolute atomic E-state index is 6.15. The minimum atomic E-state index is -0.0126. The van der Waals surface area contributed by atoms with Gasteiger partial charge in [-0.3, -0.25) is 0 Å². The molecule has 2 nitrogen and oxygen atoms in total. The van der Waals surface area contributed by atoms with Gasteiger partial charge in [-0.25, -0.2) is 0 Å². The number of nitrogens with two attached hydrogens (primary N) is 1. The predicted molar refractivity (Wildman–Crippen MR) is 75.4 cm³/mol. The first-order valence-electron chi connectivity index (χ1n) is 6.06. The van der Waals surface area contributed by atoms with Gasteiger partial charge in [-0.2, -0.15) is 11.8 Å². The number of benzene rings is 1. The molecule has 2 atom stereocenters. The number of rotatable bonds is 5. The summed E-state index contributed by atoms with van der Waals surface area (Å²) in [5, 5.41) is 1.79. The smallest absolute Gasteiger partial charge is 0.134 e. The van der Waals surface area contributed by atoms with E-state index in [2.05, 4.69) is 26.0 Å². The molecule has 1 heterocycles. The lowest BCUT2D eigenvalue weighted by Crippen LogP contribution is -2.13. The molecule has 0 fully saturated rings. The zero-order chi connectivity index (χ0) is 12.3. The van der Waals surface area contributed by atoms with Crippen molar-refractivity contribution in [3.8, 4) is 0 Å². The molecule has 3 heteroatoms. The van der Waals surface area contributed by atoms with Crippen LogP contribution in [0.5, 0.6) is 0 Å². The van der Waals surface area contributed by atoms with E-state index in [4.69, 9.17) is 10.2 Å². The van der Waals surface area contributed by atoms with Gasteiger partial charge in [0, 0.05) is 16.4 Å². The average molecular weight is 249 g/mol. The van der Waals surface area contributed by atoms with Crippen molar-refractivity contribution >= 4 is 22.7 Å². The van der Waals surface area contributed by atoms with E-state index < -0.39 is 0 Å². The van der Waals surface area contributed by atoms with Gasteiger partial charge in [-0.15, -0.1) is 0 Å². The number of hydrogen-bond donors (Lipinski definition) is 1. The molecule has 2 N–H and O–H groups in total. The van der Waals surface area contributed by atoms with Crippen molar-refractivity contribution in [3.05, 3.63) is 36.1 Å². The highest BCUT2D eigenvalue weighted by Gasteiger charge is 2.13. The molecule has 0 saturated heterocycles. The second-order valence-electron chi connectivity index (χ2n) is 4.35. The Morgan fingerprint density at radius 2 is 2.12 bits per heavy atom. The lowest BCUT2D eigenvalue weighted by atomic mass is 10.2. The van der Waals surface area contributed by atoms with E-state index in [9.17, 15) is 0 Å². The molecule has 2 rings (SSSR count). The van der Waals surface area contributed by atoms with Gasteiger partial charge in [-0.1, -0.05) is 32.0 Å². The number of hydrogen-bond acceptors (Lipinski definition) is 3. The summed E-state index contributed by atoms with van der Waals surface area (Å²) in [5.41, 5.74) is 7.07. The van der Waals surface area contributed by atoms with E-state index in [1.54, 1.807) is 0 Å². The average Bonchev–Trinajstić information content (AvgIpc) is 2.79. The van der Waals surface area contributed by atoms with Gasteiger partial charge in [0.2, 0.25) is 0 Å². The van der Waals surface area contributed by atoms with Gasteiger partial charge < -0.3 is 10.2 Å². The molecule has 1 aromatic heterocycles. The van der Waals surface area contributed by atoms with E-state index >= 15 is 0 Å². The fraction of sp³-hybridized carbons (Fsp3) is 0.429. The standard InChI is InChI=1S/C14H19NOS/c1-3-10(2)17-9-12(15)14-8-11-6-4-5-7-13(11)16-14/h4-8,10,12H,3,9,15H2,1-2H3. The van der Waals surface area contributed by atoms with E-state index in [1.165, 1.54) is 6.42 Å². The molecule has 0 spiro atoms. The molecule has 2 unspecified atom stereocenters. The largest absolute Gasteiger partial charge is 0.459 e. The predicted octanol–water partition coefficient (Wildman–Crippen LogP) is 3.96. The minimum absolute atomic E-state index is 0.0126. The summed E-state index contributed by atoms with van der Waals surface area (Å²) in [7, 11) is 0. The first-order chi connectivity index (χ1) is 8.20. The zero-order valence-electron chi connectivity index (χ0n) is 10.3. The Bertz CT molecular complexity index is 447. The van der Waals surface area contributed by atoms with Gasteiger partial charge >= 0.3 is 0 Å². The van der Waals surface area contributed by atoms with E-state index in [0.29, 0.717) is 5.25 Å². The highest BCUT2D eigenvalue weighted by molar-refractivity contribution is 7.99. The van der Waals surface area contributed by atoms with Gasteiger partial charge in [0.15, 0.2) is 0 Å². The van der Waals surface area contributed by atoms with E-state index in [0.717, 1.165) is 22.5 Å². The topological polar surface area (TPSA) is 39.2 Å². The van der Waals surface area contributed by atoms with Crippen LogP contribution in [0.2, 0.25) is 0 Å². The first kappa shape index (κ1) is 12.5. The van der Waals surface area contributed by atoms with Crippen LogP contribution in [0, 0.1) is 0 Å². The molecule has 0 aliphatic carbocycles. The van der Waals surface area contributed by atoms with Gasteiger partial charge in [0.1, 0.15) is 11.3 Å². The Hall–Kier alpha value is -0.930. The SMILES string of the molecule is CCC(C)SCC(N)c1cc2ccccc2o1. The van der Waals surface area contributed by atoms with E-state index in [-0.39, 0.29) is 6.04 Å². The van der Waals surface area contributed by atoms with Crippen LogP contribution in [-0.2, 0) is 0 Å². The maximum Gasteiger partial charge on any atom is 0.134 e. The van der Waals surface area contributed by atoms with Crippen LogP contribution >= 0.6 is 11.8 Å². The summed E-state index contributed by atoms with van der Waals surface area (Å²) < 4.78 is 5.76. The molecule has 92 valence electrons. The molecule has 0 aliphatic heterocycles. The van der Waals surface area contributed by atoms with Gasteiger partial charge in [0.25, 0.3) is 0 Å². The van der Waals surface area contributed by atoms with Crippen molar-refractivity contribution in [1.29, 1.82) is 0 Å². The molecular weight excluding hydrogens is 230 g/mol. The monoisotopic (exact) mass is 249 g/mol. The molecular formula is C14H19NOS. The van der Waals surface area contributed by atoms with Crippen molar-refractivity contribution in [2.45, 2.75) is 31.6 Å². The fourth-order valence-electron chi connectivity index (χ4n) is 1.65. The van der Waals surface area contributed by atoms with Crippen LogP contribution in [0.25, 0.3) is 11.0 Å². The third-order valence-corrected chi connectivity index (χ3v) is 4.40. The number of thioether (sulfide) groups is 1. The second-order valence-corrected chi connectivity index (χ2v) is 5.82. The van der Waals surface area contributed by atoms with Crippen LogP contribution in [0.1, 0.15) is 32.1 Å².